The lowest BCUT2D eigenvalue weighted by atomic mass is 10.1. The Kier molecular flexibility index (Phi) is 3.79. The molecule has 20 heavy (non-hydrogen) atoms. The van der Waals surface area contributed by atoms with Crippen LogP contribution in [0.3, 0.4) is 0 Å². The Labute approximate surface area is 117 Å². The number of amides is 1. The number of benzene rings is 1. The van der Waals surface area contributed by atoms with E-state index in [0.29, 0.717) is 5.56 Å². The topological polar surface area (TPSA) is 82.2 Å². The van der Waals surface area contributed by atoms with Crippen LogP contribution >= 0.6 is 0 Å². The number of hydrogen-bond acceptors (Lipinski definition) is 2. The molecule has 2 rings (SSSR count). The van der Waals surface area contributed by atoms with Crippen molar-refractivity contribution in [3.8, 4) is 0 Å². The normalized spacial score (nSPS) is 12.3. The van der Waals surface area contributed by atoms with Crippen molar-refractivity contribution >= 4 is 22.8 Å². The molecule has 0 saturated carbocycles. The number of carboxylic acids is 1. The molecule has 3 N–H and O–H groups in total. The first-order valence-electron chi connectivity index (χ1n) is 6.50. The van der Waals surface area contributed by atoms with Crippen LogP contribution in [-0.2, 0) is 4.79 Å². The van der Waals surface area contributed by atoms with Gasteiger partial charge in [0, 0.05) is 17.6 Å². The highest BCUT2D eigenvalue weighted by molar-refractivity contribution is 6.06. The van der Waals surface area contributed by atoms with E-state index in [9.17, 15) is 9.59 Å². The highest BCUT2D eigenvalue weighted by Crippen LogP contribution is 2.24. The minimum Gasteiger partial charge on any atom is -0.481 e. The molecule has 0 bridgehead atoms. The van der Waals surface area contributed by atoms with E-state index in [4.69, 9.17) is 5.11 Å². The van der Waals surface area contributed by atoms with Crippen LogP contribution in [0.25, 0.3) is 10.9 Å². The van der Waals surface area contributed by atoms with Crippen molar-refractivity contribution in [2.45, 2.75) is 20.8 Å². The number of carbonyl (C=O) groups is 2. The number of carbonyl (C=O) groups excluding carboxylic acids is 1. The van der Waals surface area contributed by atoms with E-state index in [1.165, 1.54) is 0 Å². The van der Waals surface area contributed by atoms with Crippen LogP contribution in [0.1, 0.15) is 28.5 Å². The molecule has 0 aliphatic heterocycles. The van der Waals surface area contributed by atoms with Crippen molar-refractivity contribution < 1.29 is 14.7 Å². The molecule has 106 valence electrons. The fraction of sp³-hybridized carbons (Fsp3) is 0.333. The molecule has 0 radical (unpaired) electrons. The lowest BCUT2D eigenvalue weighted by Gasteiger charge is -2.09. The van der Waals surface area contributed by atoms with E-state index in [2.05, 4.69) is 10.3 Å². The van der Waals surface area contributed by atoms with E-state index in [0.717, 1.165) is 22.2 Å². The van der Waals surface area contributed by atoms with Crippen LogP contribution in [0.2, 0.25) is 0 Å². The zero-order valence-corrected chi connectivity index (χ0v) is 11.8. The van der Waals surface area contributed by atoms with Gasteiger partial charge in [0.25, 0.3) is 5.91 Å². The summed E-state index contributed by atoms with van der Waals surface area (Å²) in [6.07, 6.45) is 0. The highest BCUT2D eigenvalue weighted by atomic mass is 16.4. The SMILES string of the molecule is Cc1[nH]c2c(C(=O)NCC(C)C(=O)O)cccc2c1C. The van der Waals surface area contributed by atoms with E-state index in [1.807, 2.05) is 26.0 Å². The van der Waals surface area contributed by atoms with Crippen LogP contribution in [0.4, 0.5) is 0 Å². The maximum absolute atomic E-state index is 12.2. The number of fused-ring (bicyclic) bond motifs is 1. The Hall–Kier alpha value is -2.30. The van der Waals surface area contributed by atoms with Gasteiger partial charge < -0.3 is 15.4 Å². The Morgan fingerprint density at radius 2 is 2.05 bits per heavy atom. The number of aromatic nitrogens is 1. The van der Waals surface area contributed by atoms with Gasteiger partial charge in [-0.25, -0.2) is 0 Å². The molecule has 1 unspecified atom stereocenters. The average molecular weight is 274 g/mol. The van der Waals surface area contributed by atoms with Gasteiger partial charge in [0.2, 0.25) is 0 Å². The Morgan fingerprint density at radius 1 is 1.35 bits per heavy atom. The third-order valence-electron chi connectivity index (χ3n) is 3.58. The second-order valence-corrected chi connectivity index (χ2v) is 5.05. The van der Waals surface area contributed by atoms with Gasteiger partial charge in [0.1, 0.15) is 0 Å². The molecular formula is C15H18N2O3. The van der Waals surface area contributed by atoms with Crippen LogP contribution in [0.5, 0.6) is 0 Å². The summed E-state index contributed by atoms with van der Waals surface area (Å²) in [5.41, 5.74) is 3.48. The third kappa shape index (κ3) is 2.52. The summed E-state index contributed by atoms with van der Waals surface area (Å²) in [5.74, 6) is -1.79. The zero-order chi connectivity index (χ0) is 14.9. The molecule has 0 saturated heterocycles. The molecule has 1 aromatic carbocycles. The maximum Gasteiger partial charge on any atom is 0.308 e. The van der Waals surface area contributed by atoms with Crippen molar-refractivity contribution in [3.05, 3.63) is 35.0 Å². The van der Waals surface area contributed by atoms with Crippen molar-refractivity contribution in [3.63, 3.8) is 0 Å². The number of hydrogen-bond donors (Lipinski definition) is 3. The van der Waals surface area contributed by atoms with Crippen LogP contribution in [-0.4, -0.2) is 28.5 Å². The summed E-state index contributed by atoms with van der Waals surface area (Å²) in [6.45, 7) is 5.64. The van der Waals surface area contributed by atoms with E-state index < -0.39 is 11.9 Å². The molecule has 0 aliphatic rings. The lowest BCUT2D eigenvalue weighted by Crippen LogP contribution is -2.31. The van der Waals surface area contributed by atoms with Gasteiger partial charge in [-0.15, -0.1) is 0 Å². The average Bonchev–Trinajstić information content (AvgIpc) is 2.71. The predicted octanol–water partition coefficient (Wildman–Crippen LogP) is 2.24. The number of carboxylic acid groups (broad SMARTS) is 1. The Morgan fingerprint density at radius 3 is 2.70 bits per heavy atom. The molecule has 1 amide bonds. The van der Waals surface area contributed by atoms with Crippen LogP contribution in [0, 0.1) is 19.8 Å². The first-order chi connectivity index (χ1) is 9.41. The molecule has 1 aromatic heterocycles. The van der Waals surface area contributed by atoms with Crippen LogP contribution in [0.15, 0.2) is 18.2 Å². The highest BCUT2D eigenvalue weighted by Gasteiger charge is 2.16. The van der Waals surface area contributed by atoms with Crippen molar-refractivity contribution in [2.75, 3.05) is 6.54 Å². The summed E-state index contributed by atoms with van der Waals surface area (Å²) in [5, 5.41) is 12.5. The molecule has 2 aromatic rings. The van der Waals surface area contributed by atoms with E-state index in [-0.39, 0.29) is 12.5 Å². The quantitative estimate of drug-likeness (QED) is 0.799. The Balaban J connectivity index is 2.27. The summed E-state index contributed by atoms with van der Waals surface area (Å²) in [6, 6.07) is 5.53. The number of rotatable bonds is 4. The van der Waals surface area contributed by atoms with Crippen molar-refractivity contribution in [1.29, 1.82) is 0 Å². The van der Waals surface area contributed by atoms with Crippen LogP contribution < -0.4 is 5.32 Å². The van der Waals surface area contributed by atoms with Crippen molar-refractivity contribution in [1.82, 2.24) is 10.3 Å². The Bertz CT molecular complexity index is 673. The fourth-order valence-corrected chi connectivity index (χ4v) is 2.10. The number of H-pyrrole nitrogens is 1. The summed E-state index contributed by atoms with van der Waals surface area (Å²) in [4.78, 5) is 26.1. The van der Waals surface area contributed by atoms with Gasteiger partial charge in [-0.3, -0.25) is 9.59 Å². The van der Waals surface area contributed by atoms with Gasteiger partial charge in [0.05, 0.1) is 17.0 Å². The largest absolute Gasteiger partial charge is 0.481 e. The first-order valence-corrected chi connectivity index (χ1v) is 6.50. The molecule has 1 atom stereocenters. The molecule has 5 nitrogen and oxygen atoms in total. The van der Waals surface area contributed by atoms with Gasteiger partial charge in [-0.05, 0) is 25.5 Å². The van der Waals surface area contributed by atoms with Gasteiger partial charge in [-0.1, -0.05) is 19.1 Å². The molecule has 1 heterocycles. The van der Waals surface area contributed by atoms with E-state index >= 15 is 0 Å². The molecular weight excluding hydrogens is 256 g/mol. The number of aliphatic carboxylic acids is 1. The molecule has 0 fully saturated rings. The maximum atomic E-state index is 12.2. The smallest absolute Gasteiger partial charge is 0.308 e. The summed E-state index contributed by atoms with van der Waals surface area (Å²) < 4.78 is 0. The standard InChI is InChI=1S/C15H18N2O3/c1-8(15(19)20)7-16-14(18)12-6-4-5-11-9(2)10(3)17-13(11)12/h4-6,8,17H,7H2,1-3H3,(H,16,18)(H,19,20). The fourth-order valence-electron chi connectivity index (χ4n) is 2.10. The van der Waals surface area contributed by atoms with Gasteiger partial charge in [0.15, 0.2) is 0 Å². The summed E-state index contributed by atoms with van der Waals surface area (Å²) >= 11 is 0. The number of aryl methyl sites for hydroxylation is 2. The minimum atomic E-state index is -0.921. The zero-order valence-electron chi connectivity index (χ0n) is 11.8. The number of aromatic amines is 1. The number of para-hydroxylation sites is 1. The van der Waals surface area contributed by atoms with Gasteiger partial charge >= 0.3 is 5.97 Å². The summed E-state index contributed by atoms with van der Waals surface area (Å²) in [7, 11) is 0. The van der Waals surface area contributed by atoms with Crippen molar-refractivity contribution in [2.24, 2.45) is 5.92 Å². The minimum absolute atomic E-state index is 0.114. The predicted molar refractivity (Wildman–Crippen MR) is 76.9 cm³/mol. The van der Waals surface area contributed by atoms with E-state index in [1.54, 1.807) is 13.0 Å². The third-order valence-corrected chi connectivity index (χ3v) is 3.58. The van der Waals surface area contributed by atoms with Gasteiger partial charge in [-0.2, -0.15) is 0 Å². The molecule has 0 aliphatic carbocycles. The first kappa shape index (κ1) is 14.1. The second-order valence-electron chi connectivity index (χ2n) is 5.05. The second kappa shape index (κ2) is 5.36. The number of nitrogens with one attached hydrogen (secondary N) is 2. The molecule has 0 spiro atoms. The monoisotopic (exact) mass is 274 g/mol. The molecule has 5 heteroatoms. The lowest BCUT2D eigenvalue weighted by molar-refractivity contribution is -0.140.